The van der Waals surface area contributed by atoms with Crippen molar-refractivity contribution in [2.24, 2.45) is 13.0 Å². The fraction of sp³-hybridized carbons (Fsp3) is 0.727. The average Bonchev–Trinajstić information content (AvgIpc) is 2.59. The molecule has 2 rings (SSSR count). The van der Waals surface area contributed by atoms with Crippen LogP contribution in [0.1, 0.15) is 13.3 Å². The molecule has 5 nitrogen and oxygen atoms in total. The summed E-state index contributed by atoms with van der Waals surface area (Å²) in [5.74, 6) is 1.49. The molecule has 1 aromatic rings. The van der Waals surface area contributed by atoms with Crippen molar-refractivity contribution in [2.75, 3.05) is 30.8 Å². The van der Waals surface area contributed by atoms with Gasteiger partial charge in [0.25, 0.3) is 0 Å². The topological polar surface area (TPSA) is 56.3 Å². The van der Waals surface area contributed by atoms with Crippen LogP contribution in [0.4, 0.5) is 11.5 Å². The molecule has 1 aliphatic rings. The van der Waals surface area contributed by atoms with E-state index in [0.717, 1.165) is 31.0 Å². The third-order valence-electron chi connectivity index (χ3n) is 3.33. The summed E-state index contributed by atoms with van der Waals surface area (Å²) in [5, 5.41) is 4.39. The highest BCUT2D eigenvalue weighted by atomic mass is 16.5. The van der Waals surface area contributed by atoms with Crippen molar-refractivity contribution in [1.29, 1.82) is 0 Å². The number of methoxy groups -OCH3 is 1. The lowest BCUT2D eigenvalue weighted by Gasteiger charge is -2.36. The van der Waals surface area contributed by atoms with E-state index in [9.17, 15) is 0 Å². The Bertz CT molecular complexity index is 363. The number of anilines is 2. The van der Waals surface area contributed by atoms with E-state index in [1.54, 1.807) is 11.8 Å². The Hall–Kier alpha value is -1.23. The van der Waals surface area contributed by atoms with Gasteiger partial charge in [-0.3, -0.25) is 4.68 Å². The van der Waals surface area contributed by atoms with Crippen LogP contribution in [0, 0.1) is 5.92 Å². The minimum Gasteiger partial charge on any atom is -0.394 e. The lowest BCUT2D eigenvalue weighted by molar-refractivity contribution is 0.0496. The van der Waals surface area contributed by atoms with Crippen molar-refractivity contribution in [1.82, 2.24) is 9.78 Å². The molecule has 0 radical (unpaired) electrons. The van der Waals surface area contributed by atoms with Gasteiger partial charge in [0, 0.05) is 33.4 Å². The van der Waals surface area contributed by atoms with E-state index in [0.29, 0.717) is 5.92 Å². The second-order valence-corrected chi connectivity index (χ2v) is 4.57. The van der Waals surface area contributed by atoms with Gasteiger partial charge in [-0.25, -0.2) is 0 Å². The highest BCUT2D eigenvalue weighted by Gasteiger charge is 2.28. The molecular formula is C11H20N4O. The highest BCUT2D eigenvalue weighted by molar-refractivity contribution is 5.61. The Morgan fingerprint density at radius 3 is 2.88 bits per heavy atom. The zero-order valence-electron chi connectivity index (χ0n) is 10.2. The molecule has 0 aromatic carbocycles. The monoisotopic (exact) mass is 224 g/mol. The number of aryl methyl sites for hydroxylation is 1. The number of nitrogens with two attached hydrogens (primary N) is 1. The molecule has 2 N–H and O–H groups in total. The maximum atomic E-state index is 5.93. The largest absolute Gasteiger partial charge is 0.394 e. The average molecular weight is 224 g/mol. The van der Waals surface area contributed by atoms with E-state index in [2.05, 4.69) is 16.9 Å². The Morgan fingerprint density at radius 2 is 2.31 bits per heavy atom. The maximum Gasteiger partial charge on any atom is 0.173 e. The SMILES string of the molecule is COC1CN(c2nn(C)cc2N)CCC1C. The van der Waals surface area contributed by atoms with Crippen LogP contribution >= 0.6 is 0 Å². The molecule has 0 spiro atoms. The zero-order valence-corrected chi connectivity index (χ0v) is 10.2. The third kappa shape index (κ3) is 2.00. The van der Waals surface area contributed by atoms with Gasteiger partial charge in [-0.2, -0.15) is 5.10 Å². The van der Waals surface area contributed by atoms with E-state index < -0.39 is 0 Å². The van der Waals surface area contributed by atoms with Crippen molar-refractivity contribution in [3.8, 4) is 0 Å². The molecule has 1 fully saturated rings. The Labute approximate surface area is 96.2 Å². The first-order chi connectivity index (χ1) is 7.61. The molecule has 16 heavy (non-hydrogen) atoms. The minimum atomic E-state index is 0.273. The van der Waals surface area contributed by atoms with Crippen LogP contribution in [0.2, 0.25) is 0 Å². The van der Waals surface area contributed by atoms with Gasteiger partial charge in [0.1, 0.15) is 0 Å². The smallest absolute Gasteiger partial charge is 0.173 e. The van der Waals surface area contributed by atoms with Gasteiger partial charge in [0.2, 0.25) is 0 Å². The maximum absolute atomic E-state index is 5.93. The summed E-state index contributed by atoms with van der Waals surface area (Å²) in [4.78, 5) is 2.21. The van der Waals surface area contributed by atoms with Crippen molar-refractivity contribution >= 4 is 11.5 Å². The fourth-order valence-corrected chi connectivity index (χ4v) is 2.27. The van der Waals surface area contributed by atoms with Crippen LogP contribution in [-0.2, 0) is 11.8 Å². The standard InChI is InChI=1S/C11H20N4O/c1-8-4-5-15(7-10(8)16-3)11-9(12)6-14(2)13-11/h6,8,10H,4-5,7,12H2,1-3H3. The van der Waals surface area contributed by atoms with Gasteiger partial charge in [0.05, 0.1) is 11.8 Å². The Morgan fingerprint density at radius 1 is 1.56 bits per heavy atom. The number of nitrogens with zero attached hydrogens (tertiary/aromatic N) is 3. The van der Waals surface area contributed by atoms with E-state index >= 15 is 0 Å². The second-order valence-electron chi connectivity index (χ2n) is 4.57. The lowest BCUT2D eigenvalue weighted by Crippen LogP contribution is -2.44. The van der Waals surface area contributed by atoms with Gasteiger partial charge in [-0.15, -0.1) is 0 Å². The van der Waals surface area contributed by atoms with Crippen molar-refractivity contribution in [2.45, 2.75) is 19.4 Å². The molecule has 0 saturated carbocycles. The first-order valence-corrected chi connectivity index (χ1v) is 5.68. The molecule has 90 valence electrons. The summed E-state index contributed by atoms with van der Waals surface area (Å²) < 4.78 is 7.24. The third-order valence-corrected chi connectivity index (χ3v) is 3.33. The van der Waals surface area contributed by atoms with E-state index in [1.807, 2.05) is 13.2 Å². The summed E-state index contributed by atoms with van der Waals surface area (Å²) in [6.45, 7) is 4.11. The molecule has 0 bridgehead atoms. The predicted octanol–water partition coefficient (Wildman–Crippen LogP) is 0.863. The van der Waals surface area contributed by atoms with Crippen molar-refractivity contribution in [3.05, 3.63) is 6.20 Å². The summed E-state index contributed by atoms with van der Waals surface area (Å²) in [6, 6.07) is 0. The van der Waals surface area contributed by atoms with Crippen molar-refractivity contribution in [3.63, 3.8) is 0 Å². The van der Waals surface area contributed by atoms with E-state index in [1.165, 1.54) is 0 Å². The number of hydrogen-bond donors (Lipinski definition) is 1. The molecular weight excluding hydrogens is 204 g/mol. The van der Waals surface area contributed by atoms with E-state index in [-0.39, 0.29) is 6.10 Å². The summed E-state index contributed by atoms with van der Waals surface area (Å²) >= 11 is 0. The predicted molar refractivity (Wildman–Crippen MR) is 64.4 cm³/mol. The van der Waals surface area contributed by atoms with Crippen LogP contribution in [0.3, 0.4) is 0 Å². The van der Waals surface area contributed by atoms with Crippen LogP contribution in [0.5, 0.6) is 0 Å². The molecule has 1 aliphatic heterocycles. The van der Waals surface area contributed by atoms with Crippen LogP contribution < -0.4 is 10.6 Å². The summed E-state index contributed by atoms with van der Waals surface area (Å²) in [6.07, 6.45) is 3.24. The lowest BCUT2D eigenvalue weighted by atomic mass is 9.96. The highest BCUT2D eigenvalue weighted by Crippen LogP contribution is 2.27. The van der Waals surface area contributed by atoms with Gasteiger partial charge in [-0.05, 0) is 12.3 Å². The van der Waals surface area contributed by atoms with Crippen LogP contribution in [0.15, 0.2) is 6.20 Å². The fourth-order valence-electron chi connectivity index (χ4n) is 2.27. The van der Waals surface area contributed by atoms with Gasteiger partial charge in [0.15, 0.2) is 5.82 Å². The Balaban J connectivity index is 2.14. The molecule has 0 aliphatic carbocycles. The minimum absolute atomic E-state index is 0.273. The first kappa shape index (κ1) is 11.3. The molecule has 0 amide bonds. The van der Waals surface area contributed by atoms with Gasteiger partial charge < -0.3 is 15.4 Å². The molecule has 5 heteroatoms. The number of ether oxygens (including phenoxy) is 1. The van der Waals surface area contributed by atoms with Crippen LogP contribution in [-0.4, -0.2) is 36.1 Å². The molecule has 1 aromatic heterocycles. The van der Waals surface area contributed by atoms with Gasteiger partial charge in [-0.1, -0.05) is 6.92 Å². The van der Waals surface area contributed by atoms with Crippen molar-refractivity contribution < 1.29 is 4.74 Å². The number of nitrogen functional groups attached to an aromatic ring is 1. The summed E-state index contributed by atoms with van der Waals surface area (Å²) in [5.41, 5.74) is 6.67. The quantitative estimate of drug-likeness (QED) is 0.809. The number of rotatable bonds is 2. The van der Waals surface area contributed by atoms with E-state index in [4.69, 9.17) is 10.5 Å². The molecule has 2 heterocycles. The zero-order chi connectivity index (χ0) is 11.7. The summed E-state index contributed by atoms with van der Waals surface area (Å²) in [7, 11) is 3.66. The second kappa shape index (κ2) is 4.33. The first-order valence-electron chi connectivity index (χ1n) is 5.68. The number of hydrogen-bond acceptors (Lipinski definition) is 4. The Kier molecular flexibility index (Phi) is 3.05. The van der Waals surface area contributed by atoms with Gasteiger partial charge >= 0.3 is 0 Å². The van der Waals surface area contributed by atoms with Crippen LogP contribution in [0.25, 0.3) is 0 Å². The normalized spacial score (nSPS) is 26.1. The molecule has 1 saturated heterocycles. The number of piperidine rings is 1. The molecule has 2 atom stereocenters. The number of aromatic nitrogens is 2. The molecule has 2 unspecified atom stereocenters.